The standard InChI is InChI=1S/C18H15BrN2/c19-16-11-9-15(10-12-16)18(14-6-2-1-3-7-14)21-17-8-4-5-13-20-17/h1-13,18H,(H,20,21)/t18-/m0/s1. The van der Waals surface area contributed by atoms with E-state index in [9.17, 15) is 0 Å². The van der Waals surface area contributed by atoms with E-state index in [1.165, 1.54) is 11.1 Å². The van der Waals surface area contributed by atoms with Crippen LogP contribution in [0.5, 0.6) is 0 Å². The van der Waals surface area contributed by atoms with Crippen LogP contribution in [0.2, 0.25) is 0 Å². The molecule has 3 aromatic rings. The average Bonchev–Trinajstić information content (AvgIpc) is 2.55. The van der Waals surface area contributed by atoms with Crippen molar-refractivity contribution < 1.29 is 0 Å². The molecular formula is C18H15BrN2. The first kappa shape index (κ1) is 13.8. The van der Waals surface area contributed by atoms with Crippen molar-refractivity contribution in [3.63, 3.8) is 0 Å². The zero-order chi connectivity index (χ0) is 14.5. The number of nitrogens with zero attached hydrogens (tertiary/aromatic N) is 1. The van der Waals surface area contributed by atoms with Crippen molar-refractivity contribution in [2.45, 2.75) is 6.04 Å². The molecule has 0 spiro atoms. The summed E-state index contributed by atoms with van der Waals surface area (Å²) >= 11 is 3.48. The molecule has 3 heteroatoms. The van der Waals surface area contributed by atoms with Gasteiger partial charge in [-0.2, -0.15) is 0 Å². The lowest BCUT2D eigenvalue weighted by atomic mass is 9.99. The van der Waals surface area contributed by atoms with Crippen LogP contribution in [0.1, 0.15) is 17.2 Å². The van der Waals surface area contributed by atoms with Gasteiger partial charge in [-0.25, -0.2) is 4.98 Å². The molecule has 1 heterocycles. The number of nitrogens with one attached hydrogen (secondary N) is 1. The summed E-state index contributed by atoms with van der Waals surface area (Å²) in [6.07, 6.45) is 1.80. The first-order chi connectivity index (χ1) is 10.3. The van der Waals surface area contributed by atoms with Gasteiger partial charge in [0.1, 0.15) is 5.82 Å². The number of hydrogen-bond donors (Lipinski definition) is 1. The Morgan fingerprint density at radius 1 is 0.762 bits per heavy atom. The predicted octanol–water partition coefficient (Wildman–Crippen LogP) is 5.05. The molecule has 104 valence electrons. The van der Waals surface area contributed by atoms with E-state index < -0.39 is 0 Å². The third kappa shape index (κ3) is 3.50. The minimum Gasteiger partial charge on any atom is -0.359 e. The molecule has 3 rings (SSSR count). The van der Waals surface area contributed by atoms with E-state index in [2.05, 4.69) is 74.8 Å². The molecule has 1 atom stereocenters. The Balaban J connectivity index is 1.97. The molecular weight excluding hydrogens is 324 g/mol. The maximum Gasteiger partial charge on any atom is 0.126 e. The maximum absolute atomic E-state index is 4.37. The quantitative estimate of drug-likeness (QED) is 0.720. The van der Waals surface area contributed by atoms with Crippen LogP contribution in [0.15, 0.2) is 83.5 Å². The number of benzene rings is 2. The number of rotatable bonds is 4. The van der Waals surface area contributed by atoms with E-state index in [4.69, 9.17) is 0 Å². The third-order valence-electron chi connectivity index (χ3n) is 3.29. The first-order valence-electron chi connectivity index (χ1n) is 6.81. The number of aromatic nitrogens is 1. The van der Waals surface area contributed by atoms with Crippen molar-refractivity contribution in [1.82, 2.24) is 4.98 Å². The summed E-state index contributed by atoms with van der Waals surface area (Å²) in [6, 6.07) is 24.7. The molecule has 0 radical (unpaired) electrons. The second kappa shape index (κ2) is 6.55. The topological polar surface area (TPSA) is 24.9 Å². The monoisotopic (exact) mass is 338 g/mol. The summed E-state index contributed by atoms with van der Waals surface area (Å²) in [7, 11) is 0. The summed E-state index contributed by atoms with van der Waals surface area (Å²) in [4.78, 5) is 4.37. The Morgan fingerprint density at radius 2 is 1.43 bits per heavy atom. The van der Waals surface area contributed by atoms with E-state index in [1.807, 2.05) is 24.3 Å². The summed E-state index contributed by atoms with van der Waals surface area (Å²) < 4.78 is 1.08. The van der Waals surface area contributed by atoms with Gasteiger partial charge in [-0.1, -0.05) is 64.5 Å². The van der Waals surface area contributed by atoms with Gasteiger partial charge in [-0.05, 0) is 35.4 Å². The Hall–Kier alpha value is -2.13. The SMILES string of the molecule is Brc1ccc([C@@H](Nc2ccccn2)c2ccccc2)cc1. The molecule has 1 aromatic heterocycles. The smallest absolute Gasteiger partial charge is 0.126 e. The zero-order valence-electron chi connectivity index (χ0n) is 11.4. The van der Waals surface area contributed by atoms with Crippen molar-refractivity contribution in [2.75, 3.05) is 5.32 Å². The molecule has 0 amide bonds. The van der Waals surface area contributed by atoms with Crippen molar-refractivity contribution in [2.24, 2.45) is 0 Å². The van der Waals surface area contributed by atoms with Crippen molar-refractivity contribution >= 4 is 21.7 Å². The van der Waals surface area contributed by atoms with Gasteiger partial charge in [-0.3, -0.25) is 0 Å². The second-order valence-electron chi connectivity index (χ2n) is 4.75. The van der Waals surface area contributed by atoms with Crippen LogP contribution in [0.3, 0.4) is 0 Å². The Labute approximate surface area is 133 Å². The number of hydrogen-bond acceptors (Lipinski definition) is 2. The normalized spacial score (nSPS) is 11.9. The first-order valence-corrected chi connectivity index (χ1v) is 7.60. The van der Waals surface area contributed by atoms with Gasteiger partial charge < -0.3 is 5.32 Å². The van der Waals surface area contributed by atoms with Crippen molar-refractivity contribution in [3.05, 3.63) is 94.6 Å². The zero-order valence-corrected chi connectivity index (χ0v) is 13.0. The van der Waals surface area contributed by atoms with E-state index in [1.54, 1.807) is 6.20 Å². The van der Waals surface area contributed by atoms with E-state index in [0.29, 0.717) is 0 Å². The molecule has 0 saturated heterocycles. The predicted molar refractivity (Wildman–Crippen MR) is 90.3 cm³/mol. The Bertz CT molecular complexity index is 681. The fraction of sp³-hybridized carbons (Fsp3) is 0.0556. The molecule has 0 fully saturated rings. The number of pyridine rings is 1. The highest BCUT2D eigenvalue weighted by Crippen LogP contribution is 2.26. The molecule has 21 heavy (non-hydrogen) atoms. The van der Waals surface area contributed by atoms with E-state index in [-0.39, 0.29) is 6.04 Å². The van der Waals surface area contributed by atoms with Gasteiger partial charge in [0.2, 0.25) is 0 Å². The molecule has 2 aromatic carbocycles. The van der Waals surface area contributed by atoms with Crippen LogP contribution in [0, 0.1) is 0 Å². The van der Waals surface area contributed by atoms with Crippen LogP contribution in [0.25, 0.3) is 0 Å². The summed E-state index contributed by atoms with van der Waals surface area (Å²) in [5, 5.41) is 3.50. The molecule has 2 nitrogen and oxygen atoms in total. The second-order valence-corrected chi connectivity index (χ2v) is 5.67. The molecule has 0 saturated carbocycles. The molecule has 0 aliphatic rings. The summed E-state index contributed by atoms with van der Waals surface area (Å²) in [5.41, 5.74) is 2.42. The van der Waals surface area contributed by atoms with Crippen LogP contribution >= 0.6 is 15.9 Å². The van der Waals surface area contributed by atoms with Crippen LogP contribution in [-0.4, -0.2) is 4.98 Å². The van der Waals surface area contributed by atoms with Crippen LogP contribution in [-0.2, 0) is 0 Å². The number of halogens is 1. The summed E-state index contributed by atoms with van der Waals surface area (Å²) in [5.74, 6) is 0.870. The molecule has 0 aliphatic carbocycles. The molecule has 1 N–H and O–H groups in total. The lowest BCUT2D eigenvalue weighted by Gasteiger charge is -2.20. The van der Waals surface area contributed by atoms with Gasteiger partial charge in [0, 0.05) is 10.7 Å². The Morgan fingerprint density at radius 3 is 2.10 bits per heavy atom. The van der Waals surface area contributed by atoms with Crippen molar-refractivity contribution in [3.8, 4) is 0 Å². The largest absolute Gasteiger partial charge is 0.359 e. The van der Waals surface area contributed by atoms with Gasteiger partial charge in [0.25, 0.3) is 0 Å². The highest BCUT2D eigenvalue weighted by molar-refractivity contribution is 9.10. The van der Waals surface area contributed by atoms with Crippen LogP contribution in [0.4, 0.5) is 5.82 Å². The van der Waals surface area contributed by atoms with Gasteiger partial charge in [0.05, 0.1) is 6.04 Å². The third-order valence-corrected chi connectivity index (χ3v) is 3.82. The van der Waals surface area contributed by atoms with E-state index >= 15 is 0 Å². The lowest BCUT2D eigenvalue weighted by Crippen LogP contribution is -2.13. The lowest BCUT2D eigenvalue weighted by molar-refractivity contribution is 0.926. The number of anilines is 1. The maximum atomic E-state index is 4.37. The molecule has 0 unspecified atom stereocenters. The van der Waals surface area contributed by atoms with Gasteiger partial charge in [-0.15, -0.1) is 0 Å². The van der Waals surface area contributed by atoms with Gasteiger partial charge in [0.15, 0.2) is 0 Å². The van der Waals surface area contributed by atoms with E-state index in [0.717, 1.165) is 10.3 Å². The van der Waals surface area contributed by atoms with Crippen LogP contribution < -0.4 is 5.32 Å². The molecule has 0 aliphatic heterocycles. The Kier molecular flexibility index (Phi) is 4.31. The molecule has 0 bridgehead atoms. The fourth-order valence-corrected chi connectivity index (χ4v) is 2.52. The van der Waals surface area contributed by atoms with Crippen molar-refractivity contribution in [1.29, 1.82) is 0 Å². The minimum absolute atomic E-state index is 0.0780. The highest BCUT2D eigenvalue weighted by Gasteiger charge is 2.14. The minimum atomic E-state index is 0.0780. The summed E-state index contributed by atoms with van der Waals surface area (Å²) in [6.45, 7) is 0. The average molecular weight is 339 g/mol. The van der Waals surface area contributed by atoms with Gasteiger partial charge >= 0.3 is 0 Å². The highest BCUT2D eigenvalue weighted by atomic mass is 79.9. The fourth-order valence-electron chi connectivity index (χ4n) is 2.26.